The Hall–Kier alpha value is -0.340. The van der Waals surface area contributed by atoms with E-state index in [1.165, 1.54) is 50.5 Å². The van der Waals surface area contributed by atoms with Crippen LogP contribution in [0.15, 0.2) is 16.8 Å². The molecule has 0 aliphatic rings. The van der Waals surface area contributed by atoms with Crippen molar-refractivity contribution in [2.45, 2.75) is 64.8 Å². The Bertz CT molecular complexity index is 256. The smallest absolute Gasteiger partial charge is 0.0328 e. The molecule has 1 aromatic rings. The predicted octanol–water partition coefficient (Wildman–Crippen LogP) is 5.15. The van der Waals surface area contributed by atoms with Gasteiger partial charge in [0, 0.05) is 6.04 Å². The summed E-state index contributed by atoms with van der Waals surface area (Å²) in [7, 11) is 0. The maximum Gasteiger partial charge on any atom is 0.0328 e. The summed E-state index contributed by atoms with van der Waals surface area (Å²) in [6, 6.07) is 2.84. The summed E-state index contributed by atoms with van der Waals surface area (Å²) in [5, 5.41) is 8.06. The average molecular weight is 253 g/mol. The number of hydrogen-bond donors (Lipinski definition) is 1. The zero-order valence-corrected chi connectivity index (χ0v) is 12.2. The summed E-state index contributed by atoms with van der Waals surface area (Å²) in [6.07, 6.45) is 9.62. The van der Waals surface area contributed by atoms with Crippen LogP contribution in [0.2, 0.25) is 0 Å². The molecule has 0 aromatic carbocycles. The first-order valence-corrected chi connectivity index (χ1v) is 8.08. The average Bonchev–Trinajstić information content (AvgIpc) is 2.86. The third-order valence-electron chi connectivity index (χ3n) is 3.24. The van der Waals surface area contributed by atoms with Gasteiger partial charge in [-0.15, -0.1) is 0 Å². The molecule has 0 bridgehead atoms. The van der Waals surface area contributed by atoms with Gasteiger partial charge in [-0.05, 0) is 35.4 Å². The zero-order valence-electron chi connectivity index (χ0n) is 11.4. The van der Waals surface area contributed by atoms with Crippen LogP contribution in [0.25, 0.3) is 0 Å². The molecule has 1 rings (SSSR count). The summed E-state index contributed by atoms with van der Waals surface area (Å²) >= 11 is 1.80. The van der Waals surface area contributed by atoms with E-state index in [-0.39, 0.29) is 0 Å². The molecule has 0 saturated heterocycles. The number of unbranched alkanes of at least 4 members (excludes halogenated alkanes) is 5. The second-order valence-corrected chi connectivity index (χ2v) is 5.50. The minimum atomic E-state index is 0.581. The van der Waals surface area contributed by atoms with Gasteiger partial charge in [-0.1, -0.05) is 52.4 Å². The summed E-state index contributed by atoms with van der Waals surface area (Å²) in [5.74, 6) is 0. The van der Waals surface area contributed by atoms with Crippen LogP contribution in [0.4, 0.5) is 0 Å². The number of rotatable bonds is 10. The van der Waals surface area contributed by atoms with Crippen molar-refractivity contribution in [3.8, 4) is 0 Å². The highest BCUT2D eigenvalue weighted by Gasteiger charge is 2.09. The highest BCUT2D eigenvalue weighted by Crippen LogP contribution is 2.22. The molecule has 0 spiro atoms. The molecule has 1 N–H and O–H groups in total. The third kappa shape index (κ3) is 6.23. The van der Waals surface area contributed by atoms with Crippen molar-refractivity contribution in [3.05, 3.63) is 22.4 Å². The van der Waals surface area contributed by atoms with Crippen LogP contribution in [0.5, 0.6) is 0 Å². The Labute approximate surface area is 111 Å². The maximum atomic E-state index is 3.59. The second-order valence-electron chi connectivity index (χ2n) is 4.72. The van der Waals surface area contributed by atoms with Crippen molar-refractivity contribution < 1.29 is 0 Å². The lowest BCUT2D eigenvalue weighted by atomic mass is 10.0. The van der Waals surface area contributed by atoms with Crippen molar-refractivity contribution in [3.63, 3.8) is 0 Å². The summed E-state index contributed by atoms with van der Waals surface area (Å²) in [6.45, 7) is 5.54. The lowest BCUT2D eigenvalue weighted by Gasteiger charge is -2.16. The van der Waals surface area contributed by atoms with Gasteiger partial charge in [0.1, 0.15) is 0 Å². The molecule has 0 saturated carbocycles. The van der Waals surface area contributed by atoms with Gasteiger partial charge in [-0.3, -0.25) is 0 Å². The van der Waals surface area contributed by atoms with Crippen LogP contribution in [0, 0.1) is 0 Å². The Morgan fingerprint density at radius 1 is 1.12 bits per heavy atom. The van der Waals surface area contributed by atoms with E-state index in [9.17, 15) is 0 Å². The Morgan fingerprint density at radius 3 is 2.53 bits per heavy atom. The van der Waals surface area contributed by atoms with Crippen LogP contribution in [-0.2, 0) is 0 Å². The fraction of sp³-hybridized carbons (Fsp3) is 0.733. The lowest BCUT2D eigenvalue weighted by Crippen LogP contribution is -2.20. The van der Waals surface area contributed by atoms with E-state index < -0.39 is 0 Å². The number of hydrogen-bond acceptors (Lipinski definition) is 2. The Kier molecular flexibility index (Phi) is 8.37. The van der Waals surface area contributed by atoms with Crippen molar-refractivity contribution in [2.75, 3.05) is 6.54 Å². The van der Waals surface area contributed by atoms with Crippen molar-refractivity contribution in [2.24, 2.45) is 0 Å². The van der Waals surface area contributed by atoms with Gasteiger partial charge in [0.05, 0.1) is 0 Å². The topological polar surface area (TPSA) is 12.0 Å². The molecule has 0 fully saturated rings. The maximum absolute atomic E-state index is 3.59. The van der Waals surface area contributed by atoms with Crippen LogP contribution >= 0.6 is 11.3 Å². The predicted molar refractivity (Wildman–Crippen MR) is 78.7 cm³/mol. The lowest BCUT2D eigenvalue weighted by molar-refractivity contribution is 0.478. The summed E-state index contributed by atoms with van der Waals surface area (Å²) < 4.78 is 0. The Balaban J connectivity index is 2.17. The standard InChI is InChI=1S/C15H27NS/c1-3-5-6-7-8-9-10-15(16-4-2)14-11-12-17-13-14/h11-13,15-16H,3-10H2,1-2H3. The SMILES string of the molecule is CCCCCCCCC(NCC)c1ccsc1. The van der Waals surface area contributed by atoms with Crippen molar-refractivity contribution in [1.82, 2.24) is 5.32 Å². The summed E-state index contributed by atoms with van der Waals surface area (Å²) in [5.41, 5.74) is 1.48. The first-order chi connectivity index (χ1) is 8.38. The quantitative estimate of drug-likeness (QED) is 0.569. The first-order valence-electron chi connectivity index (χ1n) is 7.14. The van der Waals surface area contributed by atoms with E-state index in [0.717, 1.165) is 6.54 Å². The van der Waals surface area contributed by atoms with Crippen LogP contribution in [-0.4, -0.2) is 6.54 Å². The molecular weight excluding hydrogens is 226 g/mol. The molecule has 17 heavy (non-hydrogen) atoms. The number of nitrogens with one attached hydrogen (secondary N) is 1. The largest absolute Gasteiger partial charge is 0.310 e. The molecule has 1 nitrogen and oxygen atoms in total. The molecule has 1 heterocycles. The van der Waals surface area contributed by atoms with Gasteiger partial charge in [-0.2, -0.15) is 11.3 Å². The molecule has 0 amide bonds. The van der Waals surface area contributed by atoms with Gasteiger partial charge < -0.3 is 5.32 Å². The van der Waals surface area contributed by atoms with Gasteiger partial charge in [0.2, 0.25) is 0 Å². The molecule has 0 aliphatic heterocycles. The molecular formula is C15H27NS. The normalized spacial score (nSPS) is 12.8. The third-order valence-corrected chi connectivity index (χ3v) is 3.94. The molecule has 1 aromatic heterocycles. The Morgan fingerprint density at radius 2 is 1.88 bits per heavy atom. The van der Waals surface area contributed by atoms with Gasteiger partial charge in [0.25, 0.3) is 0 Å². The monoisotopic (exact) mass is 253 g/mol. The van der Waals surface area contributed by atoms with E-state index in [4.69, 9.17) is 0 Å². The fourth-order valence-corrected chi connectivity index (χ4v) is 2.95. The molecule has 98 valence electrons. The minimum absolute atomic E-state index is 0.581. The molecule has 1 atom stereocenters. The van der Waals surface area contributed by atoms with E-state index in [0.29, 0.717) is 6.04 Å². The van der Waals surface area contributed by atoms with E-state index in [1.807, 2.05) is 0 Å². The van der Waals surface area contributed by atoms with E-state index in [1.54, 1.807) is 11.3 Å². The summed E-state index contributed by atoms with van der Waals surface area (Å²) in [4.78, 5) is 0. The van der Waals surface area contributed by atoms with Gasteiger partial charge in [0.15, 0.2) is 0 Å². The van der Waals surface area contributed by atoms with Crippen LogP contribution in [0.1, 0.15) is 70.4 Å². The fourth-order valence-electron chi connectivity index (χ4n) is 2.24. The molecule has 1 unspecified atom stereocenters. The highest BCUT2D eigenvalue weighted by molar-refractivity contribution is 7.07. The molecule has 0 aliphatic carbocycles. The van der Waals surface area contributed by atoms with Crippen molar-refractivity contribution >= 4 is 11.3 Å². The minimum Gasteiger partial charge on any atom is -0.310 e. The molecule has 0 radical (unpaired) electrons. The highest BCUT2D eigenvalue weighted by atomic mass is 32.1. The van der Waals surface area contributed by atoms with E-state index in [2.05, 4.69) is 36.0 Å². The van der Waals surface area contributed by atoms with Crippen LogP contribution < -0.4 is 5.32 Å². The number of thiophene rings is 1. The van der Waals surface area contributed by atoms with Crippen LogP contribution in [0.3, 0.4) is 0 Å². The zero-order chi connectivity index (χ0) is 12.3. The van der Waals surface area contributed by atoms with Gasteiger partial charge in [-0.25, -0.2) is 0 Å². The van der Waals surface area contributed by atoms with E-state index >= 15 is 0 Å². The first kappa shape index (κ1) is 14.7. The van der Waals surface area contributed by atoms with Gasteiger partial charge >= 0.3 is 0 Å². The second kappa shape index (κ2) is 9.67. The van der Waals surface area contributed by atoms with Crippen molar-refractivity contribution in [1.29, 1.82) is 0 Å². The molecule has 2 heteroatoms.